The maximum Gasteiger partial charge on any atom is 0.201 e. The number of nitrogens with one attached hydrogen (secondary N) is 1. The molecule has 0 bridgehead atoms. The van der Waals surface area contributed by atoms with Gasteiger partial charge in [-0.05, 0) is 24.4 Å². The second-order valence-corrected chi connectivity index (χ2v) is 3.05. The van der Waals surface area contributed by atoms with Crippen LogP contribution < -0.4 is 5.06 Å². The summed E-state index contributed by atoms with van der Waals surface area (Å²) in [5.41, 5.74) is 1.67. The quantitative estimate of drug-likeness (QED) is 0.474. The van der Waals surface area contributed by atoms with Gasteiger partial charge in [0.15, 0.2) is 0 Å². The Balaban J connectivity index is 2.59. The lowest BCUT2D eigenvalue weighted by molar-refractivity contribution is -0.663. The summed E-state index contributed by atoms with van der Waals surface area (Å²) >= 11 is 4.87. The van der Waals surface area contributed by atoms with Crippen LogP contribution in [-0.2, 0) is 0 Å². The predicted molar refractivity (Wildman–Crippen MR) is 52.1 cm³/mol. The Bertz CT molecular complexity index is 359. The van der Waals surface area contributed by atoms with E-state index in [0.29, 0.717) is 10.7 Å². The molecule has 0 spiro atoms. The number of rotatable bonds is 0. The van der Waals surface area contributed by atoms with Crippen molar-refractivity contribution in [3.63, 3.8) is 0 Å². The molecule has 1 atom stereocenters. The first-order valence-corrected chi connectivity index (χ1v) is 4.05. The second kappa shape index (κ2) is 2.79. The van der Waals surface area contributed by atoms with Crippen molar-refractivity contribution in [2.24, 2.45) is 0 Å². The Morgan fingerprint density at radius 3 is 2.75 bits per heavy atom. The van der Waals surface area contributed by atoms with E-state index in [0.717, 1.165) is 5.56 Å². The maximum atomic E-state index is 11.4. The zero-order valence-corrected chi connectivity index (χ0v) is 7.10. The summed E-state index contributed by atoms with van der Waals surface area (Å²) in [7, 11) is 0. The lowest BCUT2D eigenvalue weighted by Gasteiger charge is -2.24. The van der Waals surface area contributed by atoms with E-state index in [1.807, 2.05) is 24.3 Å². The molecule has 0 saturated carbocycles. The van der Waals surface area contributed by atoms with Crippen LogP contribution in [-0.4, -0.2) is 4.99 Å². The molecule has 1 aliphatic rings. The number of hydrogen-bond acceptors (Lipinski definition) is 2. The summed E-state index contributed by atoms with van der Waals surface area (Å²) in [5, 5.41) is 11.4. The monoisotopic (exact) mass is 177 g/mol. The van der Waals surface area contributed by atoms with Gasteiger partial charge in [-0.2, -0.15) is 0 Å². The molecule has 2 nitrogen and oxygen atoms in total. The largest absolute Gasteiger partial charge is 0.623 e. The molecule has 3 heteroatoms. The zero-order valence-electron chi connectivity index (χ0n) is 6.28. The number of benzene rings is 1. The van der Waals surface area contributed by atoms with Gasteiger partial charge in [0, 0.05) is 17.7 Å². The fraction of sp³-hybridized carbons (Fsp3) is 0. The first-order chi connectivity index (χ1) is 5.79. The van der Waals surface area contributed by atoms with Gasteiger partial charge in [-0.1, -0.05) is 12.1 Å². The topological polar surface area (TPSA) is 27.5 Å². The highest BCUT2D eigenvalue weighted by atomic mass is 32.1. The molecule has 1 aromatic carbocycles. The van der Waals surface area contributed by atoms with Crippen molar-refractivity contribution in [2.75, 3.05) is 0 Å². The molecular weight excluding hydrogens is 170 g/mol. The van der Waals surface area contributed by atoms with Crippen LogP contribution in [0.4, 0.5) is 5.69 Å². The first-order valence-electron chi connectivity index (χ1n) is 3.65. The highest BCUT2D eigenvalue weighted by Crippen LogP contribution is 2.14. The first kappa shape index (κ1) is 7.61. The van der Waals surface area contributed by atoms with Crippen molar-refractivity contribution in [2.45, 2.75) is 0 Å². The average Bonchev–Trinajstić information content (AvgIpc) is 2.12. The Hall–Kier alpha value is -1.03. The minimum atomic E-state index is -0.0388. The van der Waals surface area contributed by atoms with Gasteiger partial charge in [0.1, 0.15) is 5.69 Å². The highest BCUT2D eigenvalue weighted by molar-refractivity contribution is 7.80. The summed E-state index contributed by atoms with van der Waals surface area (Å²) in [5.74, 6) is 0. The van der Waals surface area contributed by atoms with Crippen molar-refractivity contribution in [1.29, 1.82) is 0 Å². The molecule has 1 aromatic rings. The van der Waals surface area contributed by atoms with Crippen molar-refractivity contribution >= 4 is 29.0 Å². The zero-order chi connectivity index (χ0) is 8.55. The van der Waals surface area contributed by atoms with E-state index in [4.69, 9.17) is 12.2 Å². The molecule has 1 unspecified atom stereocenters. The number of thiocarbonyl (C=S) groups is 1. The van der Waals surface area contributed by atoms with Gasteiger partial charge in [0.05, 0.1) is 0 Å². The van der Waals surface area contributed by atoms with Crippen molar-refractivity contribution in [1.82, 2.24) is 0 Å². The highest BCUT2D eigenvalue weighted by Gasteiger charge is 2.14. The summed E-state index contributed by atoms with van der Waals surface area (Å²) in [4.78, 5) is 0.397. The van der Waals surface area contributed by atoms with E-state index >= 15 is 0 Å². The van der Waals surface area contributed by atoms with E-state index in [-0.39, 0.29) is 5.06 Å². The second-order valence-electron chi connectivity index (χ2n) is 2.61. The van der Waals surface area contributed by atoms with Gasteiger partial charge in [0.2, 0.25) is 4.99 Å². The maximum absolute atomic E-state index is 11.4. The minimum absolute atomic E-state index is 0.0388. The molecule has 1 aliphatic heterocycles. The Morgan fingerprint density at radius 2 is 1.92 bits per heavy atom. The van der Waals surface area contributed by atoms with Crippen LogP contribution in [0.15, 0.2) is 30.3 Å². The summed E-state index contributed by atoms with van der Waals surface area (Å²) in [6.07, 6.45) is 3.55. The molecule has 12 heavy (non-hydrogen) atoms. The van der Waals surface area contributed by atoms with Crippen molar-refractivity contribution in [3.8, 4) is 0 Å². The Labute approximate surface area is 75.7 Å². The van der Waals surface area contributed by atoms with Gasteiger partial charge < -0.3 is 5.21 Å². The normalized spacial score (nSPS) is 20.8. The van der Waals surface area contributed by atoms with E-state index < -0.39 is 0 Å². The molecule has 0 radical (unpaired) electrons. The fourth-order valence-corrected chi connectivity index (χ4v) is 1.40. The third-order valence-electron chi connectivity index (χ3n) is 1.84. The van der Waals surface area contributed by atoms with Gasteiger partial charge >= 0.3 is 0 Å². The van der Waals surface area contributed by atoms with E-state index in [1.165, 1.54) is 0 Å². The number of hydrogen-bond donors (Lipinski definition) is 1. The average molecular weight is 177 g/mol. The third kappa shape index (κ3) is 1.08. The van der Waals surface area contributed by atoms with Gasteiger partial charge in [0.25, 0.3) is 0 Å². The molecule has 0 amide bonds. The number of hydroxylamine groups is 1. The number of quaternary nitrogens is 1. The predicted octanol–water partition coefficient (Wildman–Crippen LogP) is 1.06. The molecule has 2 rings (SSSR count). The van der Waals surface area contributed by atoms with Crippen LogP contribution in [0.3, 0.4) is 0 Å². The van der Waals surface area contributed by atoms with Crippen LogP contribution in [0.2, 0.25) is 0 Å². The molecular formula is C9H7NOS. The van der Waals surface area contributed by atoms with Crippen LogP contribution in [0.25, 0.3) is 6.08 Å². The lowest BCUT2D eigenvalue weighted by atomic mass is 10.1. The van der Waals surface area contributed by atoms with E-state index in [2.05, 4.69) is 0 Å². The van der Waals surface area contributed by atoms with Gasteiger partial charge in [-0.15, -0.1) is 0 Å². The van der Waals surface area contributed by atoms with Gasteiger partial charge in [-0.3, -0.25) is 5.06 Å². The number of fused-ring (bicyclic) bond motifs is 1. The molecule has 60 valence electrons. The smallest absolute Gasteiger partial charge is 0.201 e. The third-order valence-corrected chi connectivity index (χ3v) is 2.16. The molecule has 1 N–H and O–H groups in total. The van der Waals surface area contributed by atoms with Crippen LogP contribution in [0.1, 0.15) is 5.56 Å². The van der Waals surface area contributed by atoms with Gasteiger partial charge in [-0.25, -0.2) is 0 Å². The Morgan fingerprint density at radius 1 is 1.17 bits per heavy atom. The molecule has 1 heterocycles. The molecule has 0 aliphatic carbocycles. The van der Waals surface area contributed by atoms with Crippen LogP contribution in [0.5, 0.6) is 0 Å². The van der Waals surface area contributed by atoms with E-state index in [9.17, 15) is 5.21 Å². The molecule has 0 aromatic heterocycles. The standard InChI is InChI=1S/C9H7NOS/c11-10-8-4-2-1-3-7(8)5-6-9(10)12/h1-6,10H. The van der Waals surface area contributed by atoms with E-state index in [1.54, 1.807) is 12.1 Å². The van der Waals surface area contributed by atoms with Crippen LogP contribution in [0, 0.1) is 5.21 Å². The summed E-state index contributed by atoms with van der Waals surface area (Å²) in [6, 6.07) is 7.46. The lowest BCUT2D eigenvalue weighted by Crippen LogP contribution is -3.04. The van der Waals surface area contributed by atoms with Crippen LogP contribution >= 0.6 is 12.2 Å². The summed E-state index contributed by atoms with van der Waals surface area (Å²) < 4.78 is 0. The van der Waals surface area contributed by atoms with Crippen molar-refractivity contribution in [3.05, 3.63) is 41.1 Å². The molecule has 0 fully saturated rings. The Kier molecular flexibility index (Phi) is 1.77. The SMILES string of the molecule is [O-][NH+]1C(=S)C=Cc2ccccc21. The molecule has 0 saturated heterocycles. The minimum Gasteiger partial charge on any atom is -0.623 e. The number of para-hydroxylation sites is 1. The fourth-order valence-electron chi connectivity index (χ4n) is 1.22. The van der Waals surface area contributed by atoms with Crippen molar-refractivity contribution < 1.29 is 5.06 Å². The summed E-state index contributed by atoms with van der Waals surface area (Å²) in [6.45, 7) is 0.